The second kappa shape index (κ2) is 11.6. The van der Waals surface area contributed by atoms with Crippen LogP contribution >= 0.6 is 0 Å². The van der Waals surface area contributed by atoms with Crippen LogP contribution < -0.4 is 10.2 Å². The van der Waals surface area contributed by atoms with E-state index in [0.717, 1.165) is 21.7 Å². The zero-order chi connectivity index (χ0) is 33.0. The fourth-order valence-electron chi connectivity index (χ4n) is 8.38. The molecule has 3 aromatic rings. The van der Waals surface area contributed by atoms with E-state index in [4.69, 9.17) is 4.74 Å². The first-order valence-corrected chi connectivity index (χ1v) is 16.1. The molecule has 2 N–H and O–H groups in total. The van der Waals surface area contributed by atoms with E-state index in [1.807, 2.05) is 79.7 Å². The van der Waals surface area contributed by atoms with Crippen molar-refractivity contribution in [1.29, 1.82) is 0 Å². The van der Waals surface area contributed by atoms with Gasteiger partial charge in [-0.05, 0) is 68.0 Å². The van der Waals surface area contributed by atoms with Crippen LogP contribution in [0.3, 0.4) is 0 Å². The number of hydrazine groups is 1. The summed E-state index contributed by atoms with van der Waals surface area (Å²) in [7, 11) is 1.48. The number of hydrogen-bond donors (Lipinski definition) is 2. The van der Waals surface area contributed by atoms with Crippen LogP contribution in [-0.4, -0.2) is 52.3 Å². The Bertz CT molecular complexity index is 1830. The predicted octanol–water partition coefficient (Wildman–Crippen LogP) is 5.26. The number of aryl methyl sites for hydroxylation is 1. The largest absolute Gasteiger partial charge is 0.504 e. The number of imide groups is 2. The molecule has 0 bridgehead atoms. The zero-order valence-corrected chi connectivity index (χ0v) is 26.6. The third-order valence-electron chi connectivity index (χ3n) is 10.5. The number of aromatic hydroxyl groups is 1. The Hall–Kier alpha value is -5.18. The maximum Gasteiger partial charge on any atom is 0.260 e. The SMILES string of the molecule is CCN1C(=O)C2CC=C3C(CC4C(=O)N(Nc5ccc(C)cc5)C(=O)C4(c4ccccc4)C3C=Cc3ccc(O)c(OC)c3)C2C1=O. The van der Waals surface area contributed by atoms with Crippen LogP contribution in [-0.2, 0) is 24.6 Å². The first-order valence-electron chi connectivity index (χ1n) is 16.1. The molecule has 47 heavy (non-hydrogen) atoms. The molecule has 1 saturated carbocycles. The van der Waals surface area contributed by atoms with Crippen molar-refractivity contribution in [2.24, 2.45) is 29.6 Å². The van der Waals surface area contributed by atoms with Gasteiger partial charge in [0.05, 0.1) is 36.0 Å². The van der Waals surface area contributed by atoms with Crippen LogP contribution in [0.25, 0.3) is 6.08 Å². The molecule has 2 heterocycles. The number of ether oxygens (including phenoxy) is 1. The Morgan fingerprint density at radius 1 is 0.957 bits per heavy atom. The van der Waals surface area contributed by atoms with Gasteiger partial charge in [0.1, 0.15) is 0 Å². The van der Waals surface area contributed by atoms with E-state index in [-0.39, 0.29) is 35.8 Å². The van der Waals surface area contributed by atoms with E-state index < -0.39 is 35.0 Å². The minimum absolute atomic E-state index is 0.00325. The second-order valence-electron chi connectivity index (χ2n) is 12.8. The number of likely N-dealkylation sites (tertiary alicyclic amines) is 1. The Morgan fingerprint density at radius 3 is 2.40 bits per heavy atom. The highest BCUT2D eigenvalue weighted by Crippen LogP contribution is 2.61. The standard InChI is InChI=1S/C38H37N3O6/c1-4-40-34(43)27-17-16-26-28(33(27)36(40)45)21-30-35(44)41(39-25-14-10-22(2)11-15-25)37(46)38(30,24-8-6-5-7-9-24)29(26)18-12-23-13-19-31(42)32(20-23)47-3/h5-16,18-20,27-30,33,39,42H,4,17,21H2,1-3H3. The summed E-state index contributed by atoms with van der Waals surface area (Å²) < 4.78 is 5.34. The molecule has 3 aromatic carbocycles. The molecule has 4 amide bonds. The van der Waals surface area contributed by atoms with E-state index in [1.165, 1.54) is 12.0 Å². The topological polar surface area (TPSA) is 116 Å². The highest BCUT2D eigenvalue weighted by molar-refractivity contribution is 6.13. The van der Waals surface area contributed by atoms with E-state index in [2.05, 4.69) is 5.43 Å². The van der Waals surface area contributed by atoms with Gasteiger partial charge in [-0.25, -0.2) is 0 Å². The summed E-state index contributed by atoms with van der Waals surface area (Å²) >= 11 is 0. The lowest BCUT2D eigenvalue weighted by molar-refractivity contribution is -0.141. The normalized spacial score (nSPS) is 28.3. The minimum atomic E-state index is -1.32. The Labute approximate surface area is 273 Å². The van der Waals surface area contributed by atoms with Crippen molar-refractivity contribution in [2.45, 2.75) is 32.1 Å². The van der Waals surface area contributed by atoms with Gasteiger partial charge in [0.25, 0.3) is 11.8 Å². The average Bonchev–Trinajstić information content (AvgIpc) is 3.46. The van der Waals surface area contributed by atoms with Crippen molar-refractivity contribution in [2.75, 3.05) is 19.1 Å². The molecule has 9 heteroatoms. The molecule has 2 aliphatic heterocycles. The number of phenolic OH excluding ortho intramolecular Hbond substituents is 1. The van der Waals surface area contributed by atoms with Crippen LogP contribution in [0.5, 0.6) is 11.5 Å². The molecule has 9 nitrogen and oxygen atoms in total. The third-order valence-corrected chi connectivity index (χ3v) is 10.5. The highest BCUT2D eigenvalue weighted by Gasteiger charge is 2.69. The lowest BCUT2D eigenvalue weighted by atomic mass is 9.50. The lowest BCUT2D eigenvalue weighted by Crippen LogP contribution is -2.54. The van der Waals surface area contributed by atoms with Crippen molar-refractivity contribution >= 4 is 35.4 Å². The quantitative estimate of drug-likeness (QED) is 0.270. The third kappa shape index (κ3) is 4.59. The van der Waals surface area contributed by atoms with Gasteiger partial charge in [-0.1, -0.05) is 77.9 Å². The molecule has 240 valence electrons. The number of carbonyl (C=O) groups is 4. The number of anilines is 1. The molecule has 6 unspecified atom stereocenters. The van der Waals surface area contributed by atoms with Crippen molar-refractivity contribution < 1.29 is 29.0 Å². The van der Waals surface area contributed by atoms with Crippen LogP contribution in [0.4, 0.5) is 5.69 Å². The van der Waals surface area contributed by atoms with Crippen molar-refractivity contribution in [1.82, 2.24) is 9.91 Å². The maximum atomic E-state index is 15.0. The van der Waals surface area contributed by atoms with Crippen molar-refractivity contribution in [3.8, 4) is 11.5 Å². The molecule has 0 radical (unpaired) electrons. The van der Waals surface area contributed by atoms with Crippen molar-refractivity contribution in [3.63, 3.8) is 0 Å². The Kier molecular flexibility index (Phi) is 7.50. The molecule has 2 aliphatic carbocycles. The molecule has 0 aromatic heterocycles. The Balaban J connectivity index is 1.41. The smallest absolute Gasteiger partial charge is 0.260 e. The number of methoxy groups -OCH3 is 1. The number of fused-ring (bicyclic) bond motifs is 4. The number of benzene rings is 3. The van der Waals surface area contributed by atoms with Gasteiger partial charge in [0.2, 0.25) is 11.8 Å². The first-order chi connectivity index (χ1) is 22.7. The van der Waals surface area contributed by atoms with E-state index in [1.54, 1.807) is 25.1 Å². The summed E-state index contributed by atoms with van der Waals surface area (Å²) in [6, 6.07) is 21.9. The fourth-order valence-corrected chi connectivity index (χ4v) is 8.38. The van der Waals surface area contributed by atoms with Crippen molar-refractivity contribution in [3.05, 3.63) is 107 Å². The number of rotatable bonds is 7. The molecule has 4 aliphatic rings. The first kappa shape index (κ1) is 30.5. The summed E-state index contributed by atoms with van der Waals surface area (Å²) in [6.45, 7) is 4.06. The fraction of sp³-hybridized carbons (Fsp3) is 0.316. The number of phenols is 1. The van der Waals surface area contributed by atoms with Crippen LogP contribution in [0.15, 0.2) is 90.5 Å². The second-order valence-corrected chi connectivity index (χ2v) is 12.8. The average molecular weight is 632 g/mol. The van der Waals surface area contributed by atoms with Crippen LogP contribution in [0, 0.1) is 36.5 Å². The molecule has 7 rings (SSSR count). The van der Waals surface area contributed by atoms with Gasteiger partial charge >= 0.3 is 0 Å². The minimum Gasteiger partial charge on any atom is -0.504 e. The Morgan fingerprint density at radius 2 is 1.70 bits per heavy atom. The van der Waals surface area contributed by atoms with Gasteiger partial charge in [0, 0.05) is 12.5 Å². The monoisotopic (exact) mass is 631 g/mol. The summed E-state index contributed by atoms with van der Waals surface area (Å²) in [4.78, 5) is 58.1. The number of nitrogens with one attached hydrogen (secondary N) is 1. The van der Waals surface area contributed by atoms with Crippen LogP contribution in [0.1, 0.15) is 36.5 Å². The molecule has 3 fully saturated rings. The summed E-state index contributed by atoms with van der Waals surface area (Å²) in [5.41, 5.74) is 5.77. The number of amides is 4. The van der Waals surface area contributed by atoms with Gasteiger partial charge in [-0.15, -0.1) is 0 Å². The molecule has 6 atom stereocenters. The maximum absolute atomic E-state index is 15.0. The zero-order valence-electron chi connectivity index (χ0n) is 26.6. The molecule has 2 saturated heterocycles. The van der Waals surface area contributed by atoms with E-state index in [9.17, 15) is 19.5 Å². The van der Waals surface area contributed by atoms with Gasteiger partial charge < -0.3 is 9.84 Å². The number of hydrogen-bond acceptors (Lipinski definition) is 7. The molecular weight excluding hydrogens is 594 g/mol. The summed E-state index contributed by atoms with van der Waals surface area (Å²) in [5, 5.41) is 11.4. The van der Waals surface area contributed by atoms with Gasteiger partial charge in [-0.3, -0.25) is 29.5 Å². The number of allylic oxidation sites excluding steroid dienone is 3. The summed E-state index contributed by atoms with van der Waals surface area (Å²) in [5.74, 6) is -3.71. The summed E-state index contributed by atoms with van der Waals surface area (Å²) in [6.07, 6.45) is 6.50. The molecular formula is C38H37N3O6. The predicted molar refractivity (Wildman–Crippen MR) is 176 cm³/mol. The lowest BCUT2D eigenvalue weighted by Gasteiger charge is -2.49. The number of carbonyl (C=O) groups excluding carboxylic acids is 4. The van der Waals surface area contributed by atoms with Gasteiger partial charge in [-0.2, -0.15) is 5.01 Å². The highest BCUT2D eigenvalue weighted by atomic mass is 16.5. The van der Waals surface area contributed by atoms with Gasteiger partial charge in [0.15, 0.2) is 11.5 Å². The van der Waals surface area contributed by atoms with Crippen LogP contribution in [0.2, 0.25) is 0 Å². The molecule has 0 spiro atoms. The number of nitrogens with zero attached hydrogens (tertiary/aromatic N) is 2. The van der Waals surface area contributed by atoms with E-state index in [0.29, 0.717) is 30.0 Å². The van der Waals surface area contributed by atoms with E-state index >= 15 is 4.79 Å².